The Kier molecular flexibility index (Phi) is 4.84. The van der Waals surface area contributed by atoms with Gasteiger partial charge in [-0.1, -0.05) is 29.4 Å². The van der Waals surface area contributed by atoms with Crippen LogP contribution in [0.3, 0.4) is 0 Å². The smallest absolute Gasteiger partial charge is 0.259 e. The molecule has 0 fully saturated rings. The van der Waals surface area contributed by atoms with Crippen molar-refractivity contribution < 1.29 is 9.32 Å². The molecule has 3 aromatic rings. The number of carbonyl (C=O) groups is 1. The maximum Gasteiger partial charge on any atom is 0.259 e. The van der Waals surface area contributed by atoms with E-state index < -0.39 is 0 Å². The minimum Gasteiger partial charge on any atom is -0.343 e. The zero-order chi connectivity index (χ0) is 17.6. The number of nitrogens with one attached hydrogen (secondary N) is 2. The fourth-order valence-electron chi connectivity index (χ4n) is 2.19. The van der Waals surface area contributed by atoms with Crippen LogP contribution >= 0.6 is 0 Å². The average molecular weight is 336 g/mol. The number of aryl methyl sites for hydroxylation is 1. The summed E-state index contributed by atoms with van der Waals surface area (Å²) in [4.78, 5) is 30.2. The summed E-state index contributed by atoms with van der Waals surface area (Å²) >= 11 is 0. The Morgan fingerprint density at radius 3 is 2.92 bits per heavy atom. The van der Waals surface area contributed by atoms with Gasteiger partial charge in [0.2, 0.25) is 17.6 Å². The van der Waals surface area contributed by atoms with Crippen molar-refractivity contribution >= 4 is 12.0 Å². The first-order valence-electron chi connectivity index (χ1n) is 7.65. The monoisotopic (exact) mass is 336 g/mol. The van der Waals surface area contributed by atoms with Crippen molar-refractivity contribution in [1.82, 2.24) is 20.4 Å². The van der Waals surface area contributed by atoms with Crippen LogP contribution in [-0.4, -0.2) is 21.0 Å². The lowest BCUT2D eigenvalue weighted by molar-refractivity contribution is -0.116. The number of aromatic amines is 1. The number of pyridine rings is 1. The van der Waals surface area contributed by atoms with Crippen LogP contribution in [0.1, 0.15) is 17.0 Å². The van der Waals surface area contributed by atoms with Crippen LogP contribution < -0.4 is 10.9 Å². The minimum atomic E-state index is -0.306. The SMILES string of the molecule is Cc1ccccc1/C=C/C(=O)NCc1nc(-c2ccc[nH]c2=O)no1. The van der Waals surface area contributed by atoms with E-state index in [-0.39, 0.29) is 29.7 Å². The van der Waals surface area contributed by atoms with E-state index in [9.17, 15) is 9.59 Å². The van der Waals surface area contributed by atoms with E-state index in [0.717, 1.165) is 11.1 Å². The number of H-pyrrole nitrogens is 1. The minimum absolute atomic E-state index is 0.0781. The summed E-state index contributed by atoms with van der Waals surface area (Å²) in [5.74, 6) is 0.123. The van der Waals surface area contributed by atoms with E-state index >= 15 is 0 Å². The van der Waals surface area contributed by atoms with Gasteiger partial charge in [0.25, 0.3) is 5.56 Å². The van der Waals surface area contributed by atoms with E-state index in [4.69, 9.17) is 4.52 Å². The molecule has 2 N–H and O–H groups in total. The molecule has 7 heteroatoms. The highest BCUT2D eigenvalue weighted by molar-refractivity contribution is 5.91. The van der Waals surface area contributed by atoms with Gasteiger partial charge in [0.15, 0.2) is 0 Å². The quantitative estimate of drug-likeness (QED) is 0.695. The largest absolute Gasteiger partial charge is 0.343 e. The number of amides is 1. The molecule has 0 saturated heterocycles. The van der Waals surface area contributed by atoms with E-state index in [2.05, 4.69) is 20.4 Å². The Morgan fingerprint density at radius 2 is 2.12 bits per heavy atom. The molecule has 25 heavy (non-hydrogen) atoms. The Balaban J connectivity index is 1.61. The number of rotatable bonds is 5. The van der Waals surface area contributed by atoms with Crippen molar-refractivity contribution in [3.63, 3.8) is 0 Å². The Labute approximate surface area is 143 Å². The average Bonchev–Trinajstić information content (AvgIpc) is 3.08. The van der Waals surface area contributed by atoms with Crippen molar-refractivity contribution in [2.24, 2.45) is 0 Å². The molecule has 0 spiro atoms. The van der Waals surface area contributed by atoms with Gasteiger partial charge >= 0.3 is 0 Å². The van der Waals surface area contributed by atoms with Gasteiger partial charge in [0.1, 0.15) is 0 Å². The molecule has 3 rings (SSSR count). The molecular weight excluding hydrogens is 320 g/mol. The second-order valence-electron chi connectivity index (χ2n) is 5.33. The Hall–Kier alpha value is -3.48. The first-order valence-corrected chi connectivity index (χ1v) is 7.65. The highest BCUT2D eigenvalue weighted by Gasteiger charge is 2.11. The van der Waals surface area contributed by atoms with Crippen LogP contribution in [0.4, 0.5) is 0 Å². The number of nitrogens with zero attached hydrogens (tertiary/aromatic N) is 2. The summed E-state index contributed by atoms with van der Waals surface area (Å²) in [5.41, 5.74) is 2.06. The number of carbonyl (C=O) groups excluding carboxylic acids is 1. The molecule has 2 aromatic heterocycles. The summed E-state index contributed by atoms with van der Waals surface area (Å²) in [5, 5.41) is 6.42. The zero-order valence-corrected chi connectivity index (χ0v) is 13.5. The molecule has 0 bridgehead atoms. The van der Waals surface area contributed by atoms with Crippen LogP contribution in [0, 0.1) is 6.92 Å². The summed E-state index contributed by atoms with van der Waals surface area (Å²) in [6, 6.07) is 11.0. The number of aromatic nitrogens is 3. The van der Waals surface area contributed by atoms with E-state index in [1.807, 2.05) is 31.2 Å². The van der Waals surface area contributed by atoms with Crippen LogP contribution in [0.25, 0.3) is 17.5 Å². The highest BCUT2D eigenvalue weighted by Crippen LogP contribution is 2.10. The van der Waals surface area contributed by atoms with Gasteiger partial charge in [-0.05, 0) is 36.3 Å². The van der Waals surface area contributed by atoms with E-state index in [1.54, 1.807) is 18.2 Å². The zero-order valence-electron chi connectivity index (χ0n) is 13.5. The third kappa shape index (κ3) is 4.08. The standard InChI is InChI=1S/C18H16N4O3/c1-12-5-2-3-6-13(12)8-9-15(23)20-11-16-21-17(22-25-16)14-7-4-10-19-18(14)24/h2-10H,11H2,1H3,(H,19,24)(H,20,23)/b9-8+. The molecule has 7 nitrogen and oxygen atoms in total. The van der Waals surface area contributed by atoms with Crippen molar-refractivity contribution in [3.8, 4) is 11.4 Å². The summed E-state index contributed by atoms with van der Waals surface area (Å²) in [6.07, 6.45) is 4.71. The summed E-state index contributed by atoms with van der Waals surface area (Å²) < 4.78 is 5.05. The van der Waals surface area contributed by atoms with Crippen LogP contribution in [0.5, 0.6) is 0 Å². The Bertz CT molecular complexity index is 972. The molecule has 0 aliphatic heterocycles. The maximum absolute atomic E-state index is 11.9. The molecule has 126 valence electrons. The fraction of sp³-hybridized carbons (Fsp3) is 0.111. The molecule has 0 aliphatic carbocycles. The lowest BCUT2D eigenvalue weighted by Crippen LogP contribution is -2.20. The topological polar surface area (TPSA) is 101 Å². The highest BCUT2D eigenvalue weighted by atomic mass is 16.5. The third-order valence-corrected chi connectivity index (χ3v) is 3.54. The van der Waals surface area contributed by atoms with Gasteiger partial charge in [-0.2, -0.15) is 4.98 Å². The van der Waals surface area contributed by atoms with Gasteiger partial charge < -0.3 is 14.8 Å². The van der Waals surface area contributed by atoms with E-state index in [0.29, 0.717) is 5.56 Å². The number of benzene rings is 1. The van der Waals surface area contributed by atoms with Crippen molar-refractivity contribution in [1.29, 1.82) is 0 Å². The van der Waals surface area contributed by atoms with Crippen molar-refractivity contribution in [2.75, 3.05) is 0 Å². The summed E-state index contributed by atoms with van der Waals surface area (Å²) in [6.45, 7) is 2.05. The number of hydrogen-bond acceptors (Lipinski definition) is 5. The maximum atomic E-state index is 11.9. The predicted octanol–water partition coefficient (Wildman–Crippen LogP) is 2.06. The lowest BCUT2D eigenvalue weighted by atomic mass is 10.1. The molecule has 0 atom stereocenters. The third-order valence-electron chi connectivity index (χ3n) is 3.54. The molecule has 1 amide bonds. The van der Waals surface area contributed by atoms with Gasteiger partial charge in [-0.25, -0.2) is 0 Å². The molecule has 2 heterocycles. The van der Waals surface area contributed by atoms with Crippen molar-refractivity contribution in [3.05, 3.63) is 76.0 Å². The van der Waals surface area contributed by atoms with Gasteiger partial charge in [-0.15, -0.1) is 0 Å². The molecule has 0 radical (unpaired) electrons. The van der Waals surface area contributed by atoms with E-state index in [1.165, 1.54) is 12.3 Å². The predicted molar refractivity (Wildman–Crippen MR) is 92.4 cm³/mol. The van der Waals surface area contributed by atoms with Crippen LogP contribution in [0.15, 0.2) is 58.0 Å². The van der Waals surface area contributed by atoms with Crippen LogP contribution in [-0.2, 0) is 11.3 Å². The second-order valence-corrected chi connectivity index (χ2v) is 5.33. The van der Waals surface area contributed by atoms with Gasteiger partial charge in [0, 0.05) is 12.3 Å². The second kappa shape index (κ2) is 7.39. The van der Waals surface area contributed by atoms with Gasteiger partial charge in [-0.3, -0.25) is 9.59 Å². The molecule has 0 saturated carbocycles. The normalized spacial score (nSPS) is 10.9. The number of hydrogen-bond donors (Lipinski definition) is 2. The molecular formula is C18H16N4O3. The van der Waals surface area contributed by atoms with Gasteiger partial charge in [0.05, 0.1) is 12.1 Å². The van der Waals surface area contributed by atoms with Crippen molar-refractivity contribution in [2.45, 2.75) is 13.5 Å². The summed E-state index contributed by atoms with van der Waals surface area (Å²) in [7, 11) is 0. The molecule has 0 aliphatic rings. The van der Waals surface area contributed by atoms with Crippen LogP contribution in [0.2, 0.25) is 0 Å². The fourth-order valence-corrected chi connectivity index (χ4v) is 2.19. The molecule has 1 aromatic carbocycles. The lowest BCUT2D eigenvalue weighted by Gasteiger charge is -1.99. The molecule has 0 unspecified atom stereocenters. The first kappa shape index (κ1) is 16.4. The first-order chi connectivity index (χ1) is 12.1. The Morgan fingerprint density at radius 1 is 1.28 bits per heavy atom.